The van der Waals surface area contributed by atoms with E-state index in [2.05, 4.69) is 0 Å². The monoisotopic (exact) mass is 384 g/mol. The highest BCUT2D eigenvalue weighted by atomic mass is 35.5. The number of halogens is 1. The zero-order chi connectivity index (χ0) is 20.6. The minimum Gasteiger partial charge on any atom is -0.465 e. The van der Waals surface area contributed by atoms with Crippen molar-refractivity contribution in [1.82, 2.24) is 0 Å². The van der Waals surface area contributed by atoms with Crippen molar-refractivity contribution in [2.24, 2.45) is 17.6 Å². The van der Waals surface area contributed by atoms with Crippen LogP contribution in [-0.2, 0) is 14.3 Å². The zero-order valence-electron chi connectivity index (χ0n) is 14.8. The van der Waals surface area contributed by atoms with Crippen LogP contribution in [0.1, 0.15) is 25.3 Å². The van der Waals surface area contributed by atoms with Crippen molar-refractivity contribution in [3.05, 3.63) is 46.1 Å². The molecule has 0 saturated heterocycles. The molecule has 8 heteroatoms. The van der Waals surface area contributed by atoms with Crippen molar-refractivity contribution < 1.29 is 14.3 Å². The summed E-state index contributed by atoms with van der Waals surface area (Å²) in [6, 6.07) is 11.4. The van der Waals surface area contributed by atoms with Gasteiger partial charge in [-0.1, -0.05) is 23.7 Å². The van der Waals surface area contributed by atoms with Crippen molar-refractivity contribution >= 4 is 23.4 Å². The van der Waals surface area contributed by atoms with Crippen LogP contribution in [0.5, 0.6) is 0 Å². The predicted molar refractivity (Wildman–Crippen MR) is 96.5 cm³/mol. The van der Waals surface area contributed by atoms with E-state index in [1.165, 1.54) is 13.0 Å². The second-order valence-corrected chi connectivity index (χ2v) is 6.02. The standard InChI is InChI=1S/C19H17ClN4O3/c1-3-27-19(26)16(11(2)25)17(12-5-4-6-14(20)7-12)15(10-23)18(24)13(8-21)9-22/h4-7,15-17H,3,24H2,1-2H3/t15-,16-,17-/m1/s1. The van der Waals surface area contributed by atoms with Gasteiger partial charge >= 0.3 is 5.97 Å². The van der Waals surface area contributed by atoms with E-state index in [1.54, 1.807) is 37.3 Å². The number of nitriles is 3. The average molecular weight is 385 g/mol. The molecule has 138 valence electrons. The van der Waals surface area contributed by atoms with Crippen LogP contribution in [0.2, 0.25) is 5.02 Å². The van der Waals surface area contributed by atoms with Gasteiger partial charge in [-0.15, -0.1) is 0 Å². The molecule has 0 aliphatic carbocycles. The highest BCUT2D eigenvalue weighted by Crippen LogP contribution is 2.38. The molecule has 27 heavy (non-hydrogen) atoms. The number of nitrogens with zero attached hydrogens (tertiary/aromatic N) is 3. The van der Waals surface area contributed by atoms with Gasteiger partial charge in [-0.25, -0.2) is 0 Å². The topological polar surface area (TPSA) is 141 Å². The Morgan fingerprint density at radius 2 is 1.89 bits per heavy atom. The first kappa shape index (κ1) is 21.7. The van der Waals surface area contributed by atoms with Gasteiger partial charge in [-0.05, 0) is 31.5 Å². The average Bonchev–Trinajstić information content (AvgIpc) is 2.62. The lowest BCUT2D eigenvalue weighted by atomic mass is 9.74. The summed E-state index contributed by atoms with van der Waals surface area (Å²) in [6.07, 6.45) is 0. The molecule has 0 radical (unpaired) electrons. The first-order chi connectivity index (χ1) is 12.8. The van der Waals surface area contributed by atoms with E-state index in [0.29, 0.717) is 10.6 Å². The van der Waals surface area contributed by atoms with E-state index in [0.717, 1.165) is 0 Å². The molecule has 1 aromatic rings. The molecule has 0 saturated carbocycles. The number of esters is 1. The third kappa shape index (κ3) is 5.07. The molecule has 0 aromatic heterocycles. The minimum absolute atomic E-state index is 0.0368. The van der Waals surface area contributed by atoms with E-state index < -0.39 is 35.1 Å². The Morgan fingerprint density at radius 3 is 2.33 bits per heavy atom. The van der Waals surface area contributed by atoms with Gasteiger partial charge in [0.05, 0.1) is 24.3 Å². The van der Waals surface area contributed by atoms with Gasteiger partial charge in [-0.2, -0.15) is 15.8 Å². The molecular formula is C19H17ClN4O3. The summed E-state index contributed by atoms with van der Waals surface area (Å²) < 4.78 is 5.00. The summed E-state index contributed by atoms with van der Waals surface area (Å²) in [7, 11) is 0. The van der Waals surface area contributed by atoms with Gasteiger partial charge in [0.15, 0.2) is 0 Å². The van der Waals surface area contributed by atoms with Crippen molar-refractivity contribution in [1.29, 1.82) is 15.8 Å². The maximum absolute atomic E-state index is 12.5. The molecule has 1 rings (SSSR count). The van der Waals surface area contributed by atoms with Crippen molar-refractivity contribution in [2.75, 3.05) is 6.61 Å². The second kappa shape index (κ2) is 9.97. The zero-order valence-corrected chi connectivity index (χ0v) is 15.5. The number of allylic oxidation sites excluding steroid dienone is 2. The van der Waals surface area contributed by atoms with E-state index in [-0.39, 0.29) is 12.3 Å². The summed E-state index contributed by atoms with van der Waals surface area (Å²) in [4.78, 5) is 24.7. The number of Topliss-reactive ketones (excluding diaryl/α,β-unsaturated/α-hetero) is 1. The first-order valence-corrected chi connectivity index (χ1v) is 8.32. The van der Waals surface area contributed by atoms with E-state index in [1.807, 2.05) is 6.07 Å². The van der Waals surface area contributed by atoms with Crippen LogP contribution in [-0.4, -0.2) is 18.4 Å². The first-order valence-electron chi connectivity index (χ1n) is 7.94. The smallest absolute Gasteiger partial charge is 0.317 e. The Morgan fingerprint density at radius 1 is 1.26 bits per heavy atom. The minimum atomic E-state index is -1.36. The van der Waals surface area contributed by atoms with Crippen LogP contribution >= 0.6 is 11.6 Å². The normalized spacial score (nSPS) is 13.0. The Bertz CT molecular complexity index is 873. The molecule has 0 aliphatic rings. The molecule has 0 aliphatic heterocycles. The largest absolute Gasteiger partial charge is 0.465 e. The lowest BCUT2D eigenvalue weighted by Gasteiger charge is -2.28. The number of hydrogen-bond donors (Lipinski definition) is 1. The van der Waals surface area contributed by atoms with Crippen molar-refractivity contribution in [3.8, 4) is 18.2 Å². The lowest BCUT2D eigenvalue weighted by molar-refractivity contribution is -0.152. The second-order valence-electron chi connectivity index (χ2n) is 5.58. The lowest BCUT2D eigenvalue weighted by Crippen LogP contribution is -2.36. The number of ether oxygens (including phenoxy) is 1. The molecule has 0 bridgehead atoms. The fraction of sp³-hybridized carbons (Fsp3) is 0.316. The van der Waals surface area contributed by atoms with Crippen LogP contribution in [0, 0.1) is 45.8 Å². The Labute approximate surface area is 162 Å². The fourth-order valence-corrected chi connectivity index (χ4v) is 2.94. The van der Waals surface area contributed by atoms with E-state index >= 15 is 0 Å². The predicted octanol–water partition coefficient (Wildman–Crippen LogP) is 2.59. The van der Waals surface area contributed by atoms with Crippen LogP contribution in [0.15, 0.2) is 35.5 Å². The van der Waals surface area contributed by atoms with Crippen LogP contribution in [0.25, 0.3) is 0 Å². The van der Waals surface area contributed by atoms with Gasteiger partial charge in [0.2, 0.25) is 0 Å². The molecule has 0 unspecified atom stereocenters. The fourth-order valence-electron chi connectivity index (χ4n) is 2.74. The highest BCUT2D eigenvalue weighted by Gasteiger charge is 2.41. The van der Waals surface area contributed by atoms with Crippen molar-refractivity contribution in [2.45, 2.75) is 19.8 Å². The summed E-state index contributed by atoms with van der Waals surface area (Å²) in [6.45, 7) is 2.82. The number of carbonyl (C=O) groups excluding carboxylic acids is 2. The van der Waals surface area contributed by atoms with Crippen LogP contribution in [0.3, 0.4) is 0 Å². The Kier molecular flexibility index (Phi) is 8.01. The summed E-state index contributed by atoms with van der Waals surface area (Å²) in [5.74, 6) is -5.09. The molecule has 0 spiro atoms. The molecule has 7 nitrogen and oxygen atoms in total. The number of nitrogens with two attached hydrogens (primary N) is 1. The number of rotatable bonds is 7. The van der Waals surface area contributed by atoms with Crippen molar-refractivity contribution in [3.63, 3.8) is 0 Å². The number of benzene rings is 1. The maximum atomic E-state index is 12.5. The third-order valence-corrected chi connectivity index (χ3v) is 4.15. The molecular weight excluding hydrogens is 368 g/mol. The molecule has 0 fully saturated rings. The summed E-state index contributed by atoms with van der Waals surface area (Å²) in [5.41, 5.74) is 5.51. The Balaban J connectivity index is 3.73. The quantitative estimate of drug-likeness (QED) is 0.432. The molecule has 1 aromatic carbocycles. The molecule has 0 heterocycles. The van der Waals surface area contributed by atoms with E-state index in [4.69, 9.17) is 32.6 Å². The number of hydrogen-bond acceptors (Lipinski definition) is 7. The molecule has 2 N–H and O–H groups in total. The maximum Gasteiger partial charge on any atom is 0.317 e. The van der Waals surface area contributed by atoms with Gasteiger partial charge in [0, 0.05) is 10.9 Å². The van der Waals surface area contributed by atoms with Gasteiger partial charge in [0.1, 0.15) is 29.4 Å². The van der Waals surface area contributed by atoms with Gasteiger partial charge < -0.3 is 10.5 Å². The highest BCUT2D eigenvalue weighted by molar-refractivity contribution is 6.30. The number of carbonyl (C=O) groups is 2. The molecule has 3 atom stereocenters. The Hall–Kier alpha value is -3.34. The summed E-state index contributed by atoms with van der Waals surface area (Å²) >= 11 is 6.03. The van der Waals surface area contributed by atoms with Crippen LogP contribution < -0.4 is 5.73 Å². The third-order valence-electron chi connectivity index (χ3n) is 3.92. The van der Waals surface area contributed by atoms with Gasteiger partial charge in [0.25, 0.3) is 0 Å². The van der Waals surface area contributed by atoms with Gasteiger partial charge in [-0.3, -0.25) is 9.59 Å². The summed E-state index contributed by atoms with van der Waals surface area (Å²) in [5, 5.41) is 28.2. The van der Waals surface area contributed by atoms with Crippen LogP contribution in [0.4, 0.5) is 0 Å². The number of ketones is 1. The van der Waals surface area contributed by atoms with E-state index in [9.17, 15) is 14.9 Å². The SMILES string of the molecule is CCOC(=O)[C@H](C(C)=O)[C@H](c1cccc(Cl)c1)[C@@H](C#N)C(N)=C(C#N)C#N. The molecule has 0 amide bonds.